The molecule has 0 bridgehead atoms. The van der Waals surface area contributed by atoms with Gasteiger partial charge in [0.1, 0.15) is 5.82 Å². The highest BCUT2D eigenvalue weighted by Gasteiger charge is 2.16. The Morgan fingerprint density at radius 1 is 1.11 bits per heavy atom. The van der Waals surface area contributed by atoms with Gasteiger partial charge in [0.25, 0.3) is 0 Å². The minimum absolute atomic E-state index is 0.774. The maximum Gasteiger partial charge on any atom is 0.191 e. The summed E-state index contributed by atoms with van der Waals surface area (Å²) in [7, 11) is 0. The molecule has 5 heteroatoms. The van der Waals surface area contributed by atoms with E-state index in [1.54, 1.807) is 0 Å². The third-order valence-corrected chi connectivity index (χ3v) is 5.17. The van der Waals surface area contributed by atoms with Gasteiger partial charge in [-0.1, -0.05) is 31.0 Å². The summed E-state index contributed by atoms with van der Waals surface area (Å²) in [6, 6.07) is 0.774. The Kier molecular flexibility index (Phi) is 4.77. The smallest absolute Gasteiger partial charge is 0.191 e. The van der Waals surface area contributed by atoms with Gasteiger partial charge < -0.3 is 9.88 Å². The molecule has 2 heterocycles. The molecule has 1 fully saturated rings. The van der Waals surface area contributed by atoms with Crippen LogP contribution >= 0.6 is 11.8 Å². The molecule has 1 saturated carbocycles. The molecule has 1 aromatic rings. The predicted molar refractivity (Wildman–Crippen MR) is 78.6 cm³/mol. The predicted octanol–water partition coefficient (Wildman–Crippen LogP) is 2.63. The van der Waals surface area contributed by atoms with Gasteiger partial charge in [0.05, 0.1) is 0 Å². The van der Waals surface area contributed by atoms with Crippen LogP contribution in [0.3, 0.4) is 0 Å². The molecule has 2 aliphatic rings. The van der Waals surface area contributed by atoms with E-state index in [1.165, 1.54) is 50.8 Å². The molecule has 3 rings (SSSR count). The maximum absolute atomic E-state index is 4.36. The zero-order valence-electron chi connectivity index (χ0n) is 11.6. The summed E-state index contributed by atoms with van der Waals surface area (Å²) in [5, 5.41) is 13.5. The summed E-state index contributed by atoms with van der Waals surface area (Å²) in [5.41, 5.74) is 0. The standard InChI is InChI=1S/C14H24N4S/c1-2-8-13-16-17-14(18(13)10-5-1)19-11-9-15-12-6-3-4-7-12/h12,15H,1-11H2. The first kappa shape index (κ1) is 13.4. The van der Waals surface area contributed by atoms with Crippen LogP contribution in [0, 0.1) is 0 Å². The molecule has 0 atom stereocenters. The third kappa shape index (κ3) is 3.51. The van der Waals surface area contributed by atoms with E-state index in [0.29, 0.717) is 0 Å². The number of fused-ring (bicyclic) bond motifs is 1. The molecule has 106 valence electrons. The third-order valence-electron chi connectivity index (χ3n) is 4.20. The Morgan fingerprint density at radius 2 is 2.00 bits per heavy atom. The fourth-order valence-corrected chi connectivity index (χ4v) is 3.95. The highest BCUT2D eigenvalue weighted by molar-refractivity contribution is 7.99. The fourth-order valence-electron chi connectivity index (χ4n) is 3.10. The fraction of sp³-hybridized carbons (Fsp3) is 0.857. The average Bonchev–Trinajstić information content (AvgIpc) is 3.00. The number of nitrogens with zero attached hydrogens (tertiary/aromatic N) is 3. The summed E-state index contributed by atoms with van der Waals surface area (Å²) in [6.07, 6.45) is 10.5. The Balaban J connectivity index is 1.45. The molecule has 0 radical (unpaired) electrons. The monoisotopic (exact) mass is 280 g/mol. The van der Waals surface area contributed by atoms with Crippen molar-refractivity contribution in [1.29, 1.82) is 0 Å². The van der Waals surface area contributed by atoms with Gasteiger partial charge in [0.15, 0.2) is 5.16 Å². The first-order chi connectivity index (χ1) is 9.43. The van der Waals surface area contributed by atoms with Gasteiger partial charge in [0.2, 0.25) is 0 Å². The maximum atomic E-state index is 4.36. The Bertz CT molecular complexity index is 398. The van der Waals surface area contributed by atoms with Gasteiger partial charge in [0, 0.05) is 31.3 Å². The van der Waals surface area contributed by atoms with Crippen LogP contribution in [-0.4, -0.2) is 33.1 Å². The summed E-state index contributed by atoms with van der Waals surface area (Å²) in [4.78, 5) is 0. The minimum atomic E-state index is 0.774. The van der Waals surface area contributed by atoms with Gasteiger partial charge >= 0.3 is 0 Å². The number of nitrogens with one attached hydrogen (secondary N) is 1. The highest BCUT2D eigenvalue weighted by Crippen LogP contribution is 2.22. The van der Waals surface area contributed by atoms with Crippen LogP contribution in [0.15, 0.2) is 5.16 Å². The quantitative estimate of drug-likeness (QED) is 0.665. The first-order valence-electron chi connectivity index (χ1n) is 7.72. The van der Waals surface area contributed by atoms with E-state index in [4.69, 9.17) is 0 Å². The minimum Gasteiger partial charge on any atom is -0.313 e. The zero-order valence-corrected chi connectivity index (χ0v) is 12.4. The van der Waals surface area contributed by atoms with Gasteiger partial charge in [-0.2, -0.15) is 0 Å². The molecule has 0 saturated heterocycles. The number of hydrogen-bond acceptors (Lipinski definition) is 4. The second-order valence-corrected chi connectivity index (χ2v) is 6.71. The van der Waals surface area contributed by atoms with Crippen LogP contribution in [0.1, 0.15) is 50.8 Å². The zero-order chi connectivity index (χ0) is 12.9. The second kappa shape index (κ2) is 6.75. The molecule has 1 N–H and O–H groups in total. The average molecular weight is 280 g/mol. The van der Waals surface area contributed by atoms with Crippen LogP contribution in [0.4, 0.5) is 0 Å². The highest BCUT2D eigenvalue weighted by atomic mass is 32.2. The van der Waals surface area contributed by atoms with Crippen molar-refractivity contribution in [1.82, 2.24) is 20.1 Å². The molecule has 0 spiro atoms. The molecule has 4 nitrogen and oxygen atoms in total. The largest absolute Gasteiger partial charge is 0.313 e. The van der Waals surface area contributed by atoms with Gasteiger partial charge in [-0.15, -0.1) is 10.2 Å². The van der Waals surface area contributed by atoms with Gasteiger partial charge in [-0.25, -0.2) is 0 Å². The lowest BCUT2D eigenvalue weighted by molar-refractivity contribution is 0.544. The molecule has 19 heavy (non-hydrogen) atoms. The lowest BCUT2D eigenvalue weighted by Crippen LogP contribution is -2.28. The van der Waals surface area contributed by atoms with Gasteiger partial charge in [-0.3, -0.25) is 0 Å². The lowest BCUT2D eigenvalue weighted by Gasteiger charge is -2.11. The molecule has 0 unspecified atom stereocenters. The number of rotatable bonds is 5. The van der Waals surface area contributed by atoms with Crippen LogP contribution in [0.2, 0.25) is 0 Å². The van der Waals surface area contributed by atoms with Crippen LogP contribution in [-0.2, 0) is 13.0 Å². The van der Waals surface area contributed by atoms with Crippen LogP contribution in [0.25, 0.3) is 0 Å². The Morgan fingerprint density at radius 3 is 2.89 bits per heavy atom. The van der Waals surface area contributed by atoms with Crippen molar-refractivity contribution in [3.8, 4) is 0 Å². The molecular formula is C14H24N4S. The van der Waals surface area contributed by atoms with E-state index in [1.807, 2.05) is 11.8 Å². The van der Waals surface area contributed by atoms with E-state index in [-0.39, 0.29) is 0 Å². The number of aryl methyl sites for hydroxylation is 1. The summed E-state index contributed by atoms with van der Waals surface area (Å²) < 4.78 is 2.34. The van der Waals surface area contributed by atoms with Crippen LogP contribution < -0.4 is 5.32 Å². The summed E-state index contributed by atoms with van der Waals surface area (Å²) in [6.45, 7) is 2.21. The molecule has 0 amide bonds. The number of aromatic nitrogens is 3. The molecule has 1 aromatic heterocycles. The van der Waals surface area contributed by atoms with E-state index >= 15 is 0 Å². The van der Waals surface area contributed by atoms with Crippen molar-refractivity contribution in [2.45, 2.75) is 69.1 Å². The van der Waals surface area contributed by atoms with Crippen molar-refractivity contribution < 1.29 is 0 Å². The normalized spacial score (nSPS) is 20.4. The van der Waals surface area contributed by atoms with E-state index in [9.17, 15) is 0 Å². The Hall–Kier alpha value is -0.550. The van der Waals surface area contributed by atoms with Crippen molar-refractivity contribution in [3.63, 3.8) is 0 Å². The Labute approximate surface area is 119 Å². The second-order valence-electron chi connectivity index (χ2n) is 5.65. The molecular weight excluding hydrogens is 256 g/mol. The number of thioether (sulfide) groups is 1. The first-order valence-corrected chi connectivity index (χ1v) is 8.70. The molecule has 0 aromatic carbocycles. The van der Waals surface area contributed by atoms with E-state index < -0.39 is 0 Å². The molecule has 1 aliphatic heterocycles. The SMILES string of the molecule is C1CCc2nnc(SCCNC3CCCC3)n2CC1. The van der Waals surface area contributed by atoms with Crippen molar-refractivity contribution in [3.05, 3.63) is 5.82 Å². The van der Waals surface area contributed by atoms with Crippen molar-refractivity contribution >= 4 is 11.8 Å². The van der Waals surface area contributed by atoms with E-state index in [0.717, 1.165) is 36.5 Å². The topological polar surface area (TPSA) is 42.7 Å². The number of hydrogen-bond donors (Lipinski definition) is 1. The van der Waals surface area contributed by atoms with Crippen molar-refractivity contribution in [2.75, 3.05) is 12.3 Å². The summed E-state index contributed by atoms with van der Waals surface area (Å²) >= 11 is 1.86. The lowest BCUT2D eigenvalue weighted by atomic mass is 10.2. The van der Waals surface area contributed by atoms with Crippen molar-refractivity contribution in [2.24, 2.45) is 0 Å². The molecule has 1 aliphatic carbocycles. The van der Waals surface area contributed by atoms with Crippen LogP contribution in [0.5, 0.6) is 0 Å². The van der Waals surface area contributed by atoms with Gasteiger partial charge in [-0.05, 0) is 25.7 Å². The van der Waals surface area contributed by atoms with E-state index in [2.05, 4.69) is 20.1 Å². The summed E-state index contributed by atoms with van der Waals surface area (Å²) in [5.74, 6) is 2.30.